The number of nitrogens with one attached hydrogen (secondary N) is 1. The largest absolute Gasteiger partial charge is 0.456 e. The van der Waals surface area contributed by atoms with Crippen LogP contribution in [0.25, 0.3) is 0 Å². The van der Waals surface area contributed by atoms with Gasteiger partial charge in [-0.2, -0.15) is 5.48 Å². The standard InChI is InChI=1S/C17H21NO7/c1-11(19)22-15-9-8-14(24-17(15)23-12(2)20)10-18-25-16(21)13-6-4-3-5-7-13/h3-7,14-15,17-18H,8-10H2,1-2H3. The average Bonchev–Trinajstić information content (AvgIpc) is 2.57. The van der Waals surface area contributed by atoms with Crippen LogP contribution in [0.1, 0.15) is 37.0 Å². The molecule has 0 aliphatic carbocycles. The van der Waals surface area contributed by atoms with Crippen molar-refractivity contribution >= 4 is 17.9 Å². The molecule has 1 saturated heterocycles. The topological polar surface area (TPSA) is 100 Å². The second-order valence-electron chi connectivity index (χ2n) is 5.57. The van der Waals surface area contributed by atoms with Crippen molar-refractivity contribution in [2.24, 2.45) is 0 Å². The van der Waals surface area contributed by atoms with Gasteiger partial charge in [0.15, 0.2) is 6.10 Å². The average molecular weight is 351 g/mol. The molecule has 8 heteroatoms. The van der Waals surface area contributed by atoms with Gasteiger partial charge in [-0.3, -0.25) is 9.59 Å². The van der Waals surface area contributed by atoms with Crippen molar-refractivity contribution in [2.75, 3.05) is 6.54 Å². The fourth-order valence-electron chi connectivity index (χ4n) is 2.41. The van der Waals surface area contributed by atoms with Crippen molar-refractivity contribution in [1.82, 2.24) is 5.48 Å². The second-order valence-corrected chi connectivity index (χ2v) is 5.57. The summed E-state index contributed by atoms with van der Waals surface area (Å²) < 4.78 is 15.8. The first-order valence-corrected chi connectivity index (χ1v) is 7.94. The molecule has 1 aliphatic rings. The van der Waals surface area contributed by atoms with Gasteiger partial charge in [0, 0.05) is 13.8 Å². The van der Waals surface area contributed by atoms with Gasteiger partial charge in [-0.1, -0.05) is 18.2 Å². The highest BCUT2D eigenvalue weighted by Crippen LogP contribution is 2.23. The lowest BCUT2D eigenvalue weighted by atomic mass is 10.1. The molecule has 1 heterocycles. The third kappa shape index (κ3) is 6.17. The minimum Gasteiger partial charge on any atom is -0.456 e. The van der Waals surface area contributed by atoms with Gasteiger partial charge in [0.1, 0.15) is 0 Å². The molecule has 1 aromatic carbocycles. The third-order valence-corrected chi connectivity index (χ3v) is 3.49. The summed E-state index contributed by atoms with van der Waals surface area (Å²) >= 11 is 0. The van der Waals surface area contributed by atoms with E-state index in [0.29, 0.717) is 18.4 Å². The molecule has 2 rings (SSSR count). The lowest BCUT2D eigenvalue weighted by Gasteiger charge is -2.34. The normalized spacial score (nSPS) is 22.7. The molecule has 8 nitrogen and oxygen atoms in total. The Morgan fingerprint density at radius 1 is 1.08 bits per heavy atom. The lowest BCUT2D eigenvalue weighted by Crippen LogP contribution is -2.46. The van der Waals surface area contributed by atoms with Crippen molar-refractivity contribution in [1.29, 1.82) is 0 Å². The molecule has 0 bridgehead atoms. The molecule has 25 heavy (non-hydrogen) atoms. The summed E-state index contributed by atoms with van der Waals surface area (Å²) in [7, 11) is 0. The van der Waals surface area contributed by atoms with E-state index in [0.717, 1.165) is 0 Å². The zero-order valence-electron chi connectivity index (χ0n) is 14.1. The predicted octanol–water partition coefficient (Wildman–Crippen LogP) is 1.35. The molecule has 0 radical (unpaired) electrons. The molecule has 0 aromatic heterocycles. The van der Waals surface area contributed by atoms with Crippen LogP contribution in [0.2, 0.25) is 0 Å². The van der Waals surface area contributed by atoms with E-state index < -0.39 is 30.3 Å². The molecule has 3 unspecified atom stereocenters. The van der Waals surface area contributed by atoms with Gasteiger partial charge < -0.3 is 19.0 Å². The van der Waals surface area contributed by atoms with E-state index >= 15 is 0 Å². The molecule has 1 fully saturated rings. The van der Waals surface area contributed by atoms with E-state index in [9.17, 15) is 14.4 Å². The molecule has 1 aliphatic heterocycles. The second kappa shape index (κ2) is 9.14. The van der Waals surface area contributed by atoms with Crippen molar-refractivity contribution in [2.45, 2.75) is 45.2 Å². The number of hydrogen-bond donors (Lipinski definition) is 1. The molecule has 1 aromatic rings. The Kier molecular flexibility index (Phi) is 6.91. The molecule has 0 amide bonds. The Labute approximate surface area is 145 Å². The Morgan fingerprint density at radius 2 is 1.76 bits per heavy atom. The molecule has 0 saturated carbocycles. The van der Waals surface area contributed by atoms with Crippen molar-refractivity contribution in [3.05, 3.63) is 35.9 Å². The van der Waals surface area contributed by atoms with Crippen LogP contribution in [0, 0.1) is 0 Å². The first-order valence-electron chi connectivity index (χ1n) is 7.94. The van der Waals surface area contributed by atoms with E-state index in [4.69, 9.17) is 19.0 Å². The zero-order valence-corrected chi connectivity index (χ0v) is 14.1. The smallest absolute Gasteiger partial charge is 0.356 e. The summed E-state index contributed by atoms with van der Waals surface area (Å²) in [6.07, 6.45) is -0.974. The van der Waals surface area contributed by atoms with Crippen molar-refractivity contribution in [3.63, 3.8) is 0 Å². The lowest BCUT2D eigenvalue weighted by molar-refractivity contribution is -0.242. The first kappa shape index (κ1) is 18.9. The van der Waals surface area contributed by atoms with Crippen molar-refractivity contribution < 1.29 is 33.4 Å². The van der Waals surface area contributed by atoms with E-state index in [2.05, 4.69) is 5.48 Å². The number of ether oxygens (including phenoxy) is 3. The van der Waals surface area contributed by atoms with E-state index in [1.165, 1.54) is 13.8 Å². The van der Waals surface area contributed by atoms with Gasteiger partial charge in [-0.25, -0.2) is 4.79 Å². The summed E-state index contributed by atoms with van der Waals surface area (Å²) in [6.45, 7) is 2.74. The number of hydrogen-bond acceptors (Lipinski definition) is 8. The Hall–Kier alpha value is -2.45. The summed E-state index contributed by atoms with van der Waals surface area (Å²) in [4.78, 5) is 39.1. The molecular weight excluding hydrogens is 330 g/mol. The van der Waals surface area contributed by atoms with Gasteiger partial charge >= 0.3 is 17.9 Å². The van der Waals surface area contributed by atoms with Crippen LogP contribution in [0.4, 0.5) is 0 Å². The fraction of sp³-hybridized carbons (Fsp3) is 0.471. The SMILES string of the molecule is CC(=O)OC1CCC(CNOC(=O)c2ccccc2)OC1OC(C)=O. The monoisotopic (exact) mass is 351 g/mol. The van der Waals surface area contributed by atoms with Crippen LogP contribution in [0.15, 0.2) is 30.3 Å². The first-order chi connectivity index (χ1) is 12.0. The zero-order chi connectivity index (χ0) is 18.2. The summed E-state index contributed by atoms with van der Waals surface area (Å²) in [6, 6.07) is 8.55. The van der Waals surface area contributed by atoms with E-state index in [1.54, 1.807) is 30.3 Å². The van der Waals surface area contributed by atoms with E-state index in [1.807, 2.05) is 0 Å². The molecule has 1 N–H and O–H groups in total. The molecule has 0 spiro atoms. The van der Waals surface area contributed by atoms with Crippen LogP contribution in [-0.2, 0) is 28.6 Å². The Balaban J connectivity index is 1.81. The van der Waals surface area contributed by atoms with Gasteiger partial charge in [-0.05, 0) is 25.0 Å². The highest BCUT2D eigenvalue weighted by Gasteiger charge is 2.35. The molecular formula is C17H21NO7. The number of hydroxylamine groups is 1. The minimum absolute atomic E-state index is 0.211. The summed E-state index contributed by atoms with van der Waals surface area (Å²) in [5, 5.41) is 0. The highest BCUT2D eigenvalue weighted by atomic mass is 16.7. The number of esters is 2. The maximum atomic E-state index is 11.8. The number of rotatable bonds is 6. The van der Waals surface area contributed by atoms with Gasteiger partial charge in [0.2, 0.25) is 6.29 Å². The third-order valence-electron chi connectivity index (χ3n) is 3.49. The summed E-state index contributed by atoms with van der Waals surface area (Å²) in [5.74, 6) is -1.52. The fourth-order valence-corrected chi connectivity index (χ4v) is 2.41. The maximum absolute atomic E-state index is 11.8. The van der Waals surface area contributed by atoms with Crippen LogP contribution >= 0.6 is 0 Å². The Morgan fingerprint density at radius 3 is 2.40 bits per heavy atom. The van der Waals surface area contributed by atoms with Crippen LogP contribution < -0.4 is 5.48 Å². The number of benzene rings is 1. The van der Waals surface area contributed by atoms with Crippen LogP contribution in [-0.4, -0.2) is 43.0 Å². The highest BCUT2D eigenvalue weighted by molar-refractivity contribution is 5.89. The molecule has 3 atom stereocenters. The van der Waals surface area contributed by atoms with Crippen molar-refractivity contribution in [3.8, 4) is 0 Å². The number of carbonyl (C=O) groups excluding carboxylic acids is 3. The molecule has 136 valence electrons. The quantitative estimate of drug-likeness (QED) is 0.466. The predicted molar refractivity (Wildman–Crippen MR) is 85.1 cm³/mol. The summed E-state index contributed by atoms with van der Waals surface area (Å²) in [5.41, 5.74) is 2.98. The van der Waals surface area contributed by atoms with Crippen LogP contribution in [0.5, 0.6) is 0 Å². The van der Waals surface area contributed by atoms with E-state index in [-0.39, 0.29) is 12.6 Å². The van der Waals surface area contributed by atoms with Gasteiger partial charge in [-0.15, -0.1) is 0 Å². The Bertz CT molecular complexity index is 604. The van der Waals surface area contributed by atoms with Crippen LogP contribution in [0.3, 0.4) is 0 Å². The van der Waals surface area contributed by atoms with Gasteiger partial charge in [0.25, 0.3) is 0 Å². The number of carbonyl (C=O) groups is 3. The minimum atomic E-state index is -0.980. The van der Waals surface area contributed by atoms with Gasteiger partial charge in [0.05, 0.1) is 18.2 Å². The maximum Gasteiger partial charge on any atom is 0.356 e.